The molecule has 11 heteroatoms. The quantitative estimate of drug-likeness (QED) is 0.549. The van der Waals surface area contributed by atoms with Crippen LogP contribution in [0.1, 0.15) is 25.3 Å². The number of carbonyl (C=O) groups excluding carboxylic acids is 1. The van der Waals surface area contributed by atoms with E-state index in [1.54, 1.807) is 18.2 Å². The van der Waals surface area contributed by atoms with Crippen molar-refractivity contribution in [1.82, 2.24) is 0 Å². The minimum atomic E-state index is -4.61. The molecule has 1 aliphatic carbocycles. The highest BCUT2D eigenvalue weighted by Crippen LogP contribution is 2.38. The van der Waals surface area contributed by atoms with Crippen LogP contribution in [0.5, 0.6) is 5.75 Å². The molecular weight excluding hydrogens is 513 g/mol. The zero-order valence-corrected chi connectivity index (χ0v) is 19.2. The molecule has 4 rings (SSSR count). The molecule has 1 aliphatic heterocycles. The molecule has 0 unspecified atom stereocenters. The Balaban J connectivity index is 0.000000305. The van der Waals surface area contributed by atoms with Gasteiger partial charge in [0.2, 0.25) is 0 Å². The van der Waals surface area contributed by atoms with E-state index in [1.165, 1.54) is 0 Å². The molecule has 0 spiro atoms. The van der Waals surface area contributed by atoms with Crippen LogP contribution in [0.15, 0.2) is 51.8 Å². The van der Waals surface area contributed by atoms with Crippen LogP contribution in [-0.4, -0.2) is 27.4 Å². The number of hydrogen-bond donors (Lipinski definition) is 0. The second kappa shape index (κ2) is 8.75. The third kappa shape index (κ3) is 5.07. The molecule has 0 N–H and O–H groups in total. The number of fused-ring (bicyclic) bond motifs is 1. The Morgan fingerprint density at radius 2 is 1.88 bits per heavy atom. The number of carbonyl (C=O) groups is 1. The molecule has 170 valence electrons. The van der Waals surface area contributed by atoms with Crippen molar-refractivity contribution in [3.05, 3.63) is 52.5 Å². The van der Waals surface area contributed by atoms with Gasteiger partial charge in [-0.2, -0.15) is 18.4 Å². The van der Waals surface area contributed by atoms with Gasteiger partial charge in [-0.3, -0.25) is 9.10 Å². The van der Waals surface area contributed by atoms with Gasteiger partial charge in [0.05, 0.1) is 34.2 Å². The summed E-state index contributed by atoms with van der Waals surface area (Å²) in [5, 5.41) is 8.36. The highest BCUT2D eigenvalue weighted by atomic mass is 79.9. The van der Waals surface area contributed by atoms with Crippen molar-refractivity contribution in [2.45, 2.75) is 30.8 Å². The van der Waals surface area contributed by atoms with E-state index in [2.05, 4.69) is 22.0 Å². The van der Waals surface area contributed by atoms with E-state index in [1.807, 2.05) is 6.92 Å². The molecule has 2 aromatic carbocycles. The van der Waals surface area contributed by atoms with E-state index >= 15 is 0 Å². The molecule has 0 radical (unpaired) electrons. The Bertz CT molecular complexity index is 1180. The molecule has 1 fully saturated rings. The topological polar surface area (TPSA) is 87.5 Å². The minimum Gasteiger partial charge on any atom is -0.489 e. The van der Waals surface area contributed by atoms with Crippen LogP contribution in [0.25, 0.3) is 0 Å². The van der Waals surface area contributed by atoms with Gasteiger partial charge in [0.15, 0.2) is 0 Å². The van der Waals surface area contributed by atoms with Crippen molar-refractivity contribution in [3.8, 4) is 11.8 Å². The Morgan fingerprint density at radius 3 is 2.44 bits per heavy atom. The van der Waals surface area contributed by atoms with E-state index in [4.69, 9.17) is 10.00 Å². The van der Waals surface area contributed by atoms with Gasteiger partial charge in [-0.05, 0) is 43.3 Å². The molecular formula is C21H18BrF3N2O4S. The SMILES string of the molecule is CC1(C#N)CC(=O)C1.O=S(=O)(c1cccc(C(F)(F)F)c1)N1CCOc2ccc(Br)cc21. The number of Topliss-reactive ketones (excluding diaryl/α,β-unsaturated/α-hetero) is 1. The molecule has 0 atom stereocenters. The Kier molecular flexibility index (Phi) is 6.58. The highest BCUT2D eigenvalue weighted by Gasteiger charge is 2.39. The van der Waals surface area contributed by atoms with Gasteiger partial charge >= 0.3 is 6.18 Å². The lowest BCUT2D eigenvalue weighted by atomic mass is 9.71. The van der Waals surface area contributed by atoms with Crippen LogP contribution in [0.4, 0.5) is 18.9 Å². The number of halogens is 4. The van der Waals surface area contributed by atoms with Gasteiger partial charge in [0.1, 0.15) is 18.1 Å². The number of ether oxygens (including phenoxy) is 1. The van der Waals surface area contributed by atoms with Crippen LogP contribution in [-0.2, 0) is 21.0 Å². The zero-order chi connectivity index (χ0) is 23.7. The smallest absolute Gasteiger partial charge is 0.416 e. The third-order valence-electron chi connectivity index (χ3n) is 4.94. The second-order valence-corrected chi connectivity index (χ2v) is 10.4. The van der Waals surface area contributed by atoms with Gasteiger partial charge < -0.3 is 4.74 Å². The summed E-state index contributed by atoms with van der Waals surface area (Å²) in [6, 6.07) is 10.6. The van der Waals surface area contributed by atoms with E-state index < -0.39 is 26.7 Å². The molecule has 1 heterocycles. The fourth-order valence-corrected chi connectivity index (χ4v) is 5.12. The van der Waals surface area contributed by atoms with Crippen LogP contribution in [0.3, 0.4) is 0 Å². The summed E-state index contributed by atoms with van der Waals surface area (Å²) in [6.07, 6.45) is -3.69. The number of nitrogens with zero attached hydrogens (tertiary/aromatic N) is 2. The molecule has 0 aromatic heterocycles. The summed E-state index contributed by atoms with van der Waals surface area (Å²) < 4.78 is 71.3. The molecule has 6 nitrogen and oxygen atoms in total. The maximum Gasteiger partial charge on any atom is 0.416 e. The van der Waals surface area contributed by atoms with Crippen molar-refractivity contribution < 1.29 is 31.1 Å². The normalized spacial score (nSPS) is 17.1. The maximum absolute atomic E-state index is 12.9. The molecule has 32 heavy (non-hydrogen) atoms. The van der Waals surface area contributed by atoms with Crippen LogP contribution in [0.2, 0.25) is 0 Å². The number of hydrogen-bond acceptors (Lipinski definition) is 5. The lowest BCUT2D eigenvalue weighted by molar-refractivity contribution is -0.137. The summed E-state index contributed by atoms with van der Waals surface area (Å²) >= 11 is 3.25. The Labute approximate surface area is 191 Å². The summed E-state index contributed by atoms with van der Waals surface area (Å²) in [4.78, 5) is 9.91. The summed E-state index contributed by atoms with van der Waals surface area (Å²) in [7, 11) is -4.14. The average Bonchev–Trinajstić information content (AvgIpc) is 2.72. The number of anilines is 1. The zero-order valence-electron chi connectivity index (χ0n) is 16.8. The highest BCUT2D eigenvalue weighted by molar-refractivity contribution is 9.10. The van der Waals surface area contributed by atoms with Crippen molar-refractivity contribution in [2.24, 2.45) is 5.41 Å². The van der Waals surface area contributed by atoms with Crippen molar-refractivity contribution in [3.63, 3.8) is 0 Å². The number of nitriles is 1. The first-order chi connectivity index (χ1) is 14.9. The largest absolute Gasteiger partial charge is 0.489 e. The maximum atomic E-state index is 12.9. The molecule has 0 saturated heterocycles. The van der Waals surface area contributed by atoms with E-state index in [9.17, 15) is 26.4 Å². The summed E-state index contributed by atoms with van der Waals surface area (Å²) in [6.45, 7) is 1.95. The number of sulfonamides is 1. The lowest BCUT2D eigenvalue weighted by Crippen LogP contribution is -2.38. The summed E-state index contributed by atoms with van der Waals surface area (Å²) in [5.41, 5.74) is -1.03. The predicted octanol–water partition coefficient (Wildman–Crippen LogP) is 4.93. The second-order valence-electron chi connectivity index (χ2n) is 7.63. The summed E-state index contributed by atoms with van der Waals surface area (Å²) in [5.74, 6) is 0.578. The molecule has 0 amide bonds. The number of ketones is 1. The van der Waals surface area contributed by atoms with Crippen molar-refractivity contribution >= 4 is 37.4 Å². The van der Waals surface area contributed by atoms with E-state index in [-0.39, 0.29) is 30.0 Å². The van der Waals surface area contributed by atoms with E-state index in [0.29, 0.717) is 29.1 Å². The number of rotatable bonds is 2. The van der Waals surface area contributed by atoms with Gasteiger partial charge in [0, 0.05) is 17.3 Å². The van der Waals surface area contributed by atoms with Crippen molar-refractivity contribution in [1.29, 1.82) is 5.26 Å². The number of alkyl halides is 3. The Morgan fingerprint density at radius 1 is 1.19 bits per heavy atom. The van der Waals surface area contributed by atoms with Crippen LogP contribution < -0.4 is 9.04 Å². The Hall–Kier alpha value is -2.58. The minimum absolute atomic E-state index is 0.0159. The van der Waals surface area contributed by atoms with Crippen LogP contribution in [0, 0.1) is 16.7 Å². The standard InChI is InChI=1S/C15H11BrF3NO3S.C6H7NO/c16-11-4-5-14-13(9-11)20(6-7-23-14)24(21,22)12-3-1-2-10(8-12)15(17,18)19;1-6(4-7)2-5(8)3-6/h1-5,8-9H,6-7H2;2-3H2,1H3. The fraction of sp³-hybridized carbons (Fsp3) is 0.333. The molecule has 0 bridgehead atoms. The average molecular weight is 531 g/mol. The van der Waals surface area contributed by atoms with Gasteiger partial charge in [-0.1, -0.05) is 22.0 Å². The first kappa shape index (κ1) is 24.1. The van der Waals surface area contributed by atoms with Crippen LogP contribution >= 0.6 is 15.9 Å². The first-order valence-corrected chi connectivity index (χ1v) is 11.6. The van der Waals surface area contributed by atoms with Crippen molar-refractivity contribution in [2.75, 3.05) is 17.5 Å². The third-order valence-corrected chi connectivity index (χ3v) is 7.24. The lowest BCUT2D eigenvalue weighted by Gasteiger charge is -2.30. The monoisotopic (exact) mass is 530 g/mol. The van der Waals surface area contributed by atoms with Gasteiger partial charge in [-0.15, -0.1) is 0 Å². The molecule has 1 saturated carbocycles. The van der Waals surface area contributed by atoms with Gasteiger partial charge in [-0.25, -0.2) is 8.42 Å². The number of benzene rings is 2. The van der Waals surface area contributed by atoms with Gasteiger partial charge in [0.25, 0.3) is 10.0 Å². The molecule has 2 aliphatic rings. The predicted molar refractivity (Wildman–Crippen MR) is 114 cm³/mol. The fourth-order valence-electron chi connectivity index (χ4n) is 3.27. The molecule has 2 aromatic rings. The van der Waals surface area contributed by atoms with E-state index in [0.717, 1.165) is 22.5 Å². The first-order valence-electron chi connectivity index (χ1n) is 9.41.